The molecule has 27 heavy (non-hydrogen) atoms. The fourth-order valence-corrected chi connectivity index (χ4v) is 3.03. The fourth-order valence-electron chi connectivity index (χ4n) is 3.03. The van der Waals surface area contributed by atoms with E-state index in [9.17, 15) is 9.59 Å². The summed E-state index contributed by atoms with van der Waals surface area (Å²) in [6.07, 6.45) is 3.40. The predicted molar refractivity (Wildman–Crippen MR) is 104 cm³/mol. The number of nitrogens with one attached hydrogen (secondary N) is 2. The number of benzene rings is 2. The summed E-state index contributed by atoms with van der Waals surface area (Å²) >= 11 is 0. The third kappa shape index (κ3) is 6.13. The van der Waals surface area contributed by atoms with Crippen molar-refractivity contribution in [3.63, 3.8) is 0 Å². The Morgan fingerprint density at radius 2 is 1.59 bits per heavy atom. The van der Waals surface area contributed by atoms with Crippen molar-refractivity contribution < 1.29 is 14.3 Å². The molecule has 5 heteroatoms. The highest BCUT2D eigenvalue weighted by Gasteiger charge is 2.24. The van der Waals surface area contributed by atoms with Gasteiger partial charge in [0.25, 0.3) is 0 Å². The van der Waals surface area contributed by atoms with Gasteiger partial charge in [0, 0.05) is 13.0 Å². The first-order valence-corrected chi connectivity index (χ1v) is 9.49. The molecule has 1 aliphatic rings. The van der Waals surface area contributed by atoms with Crippen molar-refractivity contribution >= 4 is 12.0 Å². The average molecular weight is 366 g/mol. The van der Waals surface area contributed by atoms with Gasteiger partial charge in [-0.2, -0.15) is 0 Å². The number of alkyl carbamates (subject to hydrolysis) is 1. The number of ether oxygens (including phenoxy) is 1. The molecule has 2 aromatic carbocycles. The molecular weight excluding hydrogens is 340 g/mol. The molecule has 5 nitrogen and oxygen atoms in total. The van der Waals surface area contributed by atoms with Gasteiger partial charge < -0.3 is 15.4 Å². The molecular formula is C22H26N2O3. The summed E-state index contributed by atoms with van der Waals surface area (Å²) in [6.45, 7) is 0.847. The number of amides is 2. The standard InChI is InChI=1S/C22H26N2O3/c25-21(23-15-18-12-7-13-18)20(14-17-8-3-1-4-9-17)24-22(26)27-16-19-10-5-2-6-11-19/h1-6,8-11,18,20H,7,12-16H2,(H,23,25)(H,24,26)/t20-/m0/s1. The summed E-state index contributed by atoms with van der Waals surface area (Å²) in [7, 11) is 0. The zero-order valence-electron chi connectivity index (χ0n) is 15.4. The van der Waals surface area contributed by atoms with Crippen molar-refractivity contribution in [2.45, 2.75) is 38.3 Å². The first-order chi connectivity index (χ1) is 13.2. The molecule has 3 rings (SSSR count). The zero-order chi connectivity index (χ0) is 18.9. The number of carbonyl (C=O) groups is 2. The van der Waals surface area contributed by atoms with Gasteiger partial charge in [-0.05, 0) is 29.9 Å². The Labute approximate surface area is 160 Å². The smallest absolute Gasteiger partial charge is 0.408 e. The van der Waals surface area contributed by atoms with Crippen molar-refractivity contribution in [1.29, 1.82) is 0 Å². The van der Waals surface area contributed by atoms with E-state index < -0.39 is 12.1 Å². The summed E-state index contributed by atoms with van der Waals surface area (Å²) in [6, 6.07) is 18.5. The maximum absolute atomic E-state index is 12.6. The highest BCUT2D eigenvalue weighted by molar-refractivity contribution is 5.85. The van der Waals surface area contributed by atoms with Crippen molar-refractivity contribution in [1.82, 2.24) is 10.6 Å². The molecule has 1 fully saturated rings. The van der Waals surface area contributed by atoms with Crippen LogP contribution in [0.15, 0.2) is 60.7 Å². The molecule has 0 radical (unpaired) electrons. The molecule has 0 aliphatic heterocycles. The highest BCUT2D eigenvalue weighted by atomic mass is 16.5. The molecule has 0 heterocycles. The third-order valence-corrected chi connectivity index (χ3v) is 4.89. The van der Waals surface area contributed by atoms with E-state index in [1.165, 1.54) is 6.42 Å². The van der Waals surface area contributed by atoms with Crippen LogP contribution in [0.1, 0.15) is 30.4 Å². The van der Waals surface area contributed by atoms with Crippen molar-refractivity contribution in [3.05, 3.63) is 71.8 Å². The second-order valence-electron chi connectivity index (χ2n) is 6.99. The second-order valence-corrected chi connectivity index (χ2v) is 6.99. The van der Waals surface area contributed by atoms with Crippen LogP contribution in [0.2, 0.25) is 0 Å². The van der Waals surface area contributed by atoms with Gasteiger partial charge in [0.2, 0.25) is 5.91 Å². The molecule has 0 spiro atoms. The third-order valence-electron chi connectivity index (χ3n) is 4.89. The van der Waals surface area contributed by atoms with Gasteiger partial charge >= 0.3 is 6.09 Å². The molecule has 1 aliphatic carbocycles. The van der Waals surface area contributed by atoms with Crippen molar-refractivity contribution in [3.8, 4) is 0 Å². The minimum atomic E-state index is -0.657. The molecule has 1 atom stereocenters. The minimum absolute atomic E-state index is 0.164. The summed E-state index contributed by atoms with van der Waals surface area (Å²) in [5.41, 5.74) is 1.89. The van der Waals surface area contributed by atoms with Crippen LogP contribution in [0.25, 0.3) is 0 Å². The highest BCUT2D eigenvalue weighted by Crippen LogP contribution is 2.25. The van der Waals surface area contributed by atoms with E-state index >= 15 is 0 Å². The molecule has 0 aromatic heterocycles. The monoisotopic (exact) mass is 366 g/mol. The quantitative estimate of drug-likeness (QED) is 0.752. The molecule has 2 N–H and O–H groups in total. The molecule has 1 saturated carbocycles. The summed E-state index contributed by atoms with van der Waals surface area (Å²) in [5, 5.41) is 5.70. The molecule has 2 amide bonds. The van der Waals surface area contributed by atoms with E-state index in [-0.39, 0.29) is 12.5 Å². The Morgan fingerprint density at radius 1 is 0.963 bits per heavy atom. The number of hydrogen-bond donors (Lipinski definition) is 2. The van der Waals surface area contributed by atoms with Crippen molar-refractivity contribution in [2.24, 2.45) is 5.92 Å². The Bertz CT molecular complexity index is 730. The van der Waals surface area contributed by atoms with Crippen LogP contribution < -0.4 is 10.6 Å². The second kappa shape index (κ2) is 9.76. The molecule has 142 valence electrons. The van der Waals surface area contributed by atoms with E-state index in [0.717, 1.165) is 24.0 Å². The summed E-state index contributed by atoms with van der Waals surface area (Å²) in [5.74, 6) is 0.402. The Hall–Kier alpha value is -2.82. The van der Waals surface area contributed by atoms with Gasteiger partial charge in [-0.15, -0.1) is 0 Å². The van der Waals surface area contributed by atoms with Gasteiger partial charge in [0.1, 0.15) is 12.6 Å². The normalized spacial score (nSPS) is 14.7. The lowest BCUT2D eigenvalue weighted by molar-refractivity contribution is -0.123. The molecule has 0 unspecified atom stereocenters. The van der Waals surface area contributed by atoms with E-state index in [2.05, 4.69) is 10.6 Å². The molecule has 0 saturated heterocycles. The lowest BCUT2D eigenvalue weighted by atomic mass is 9.85. The Balaban J connectivity index is 1.55. The predicted octanol–water partition coefficient (Wildman–Crippen LogP) is 3.44. The SMILES string of the molecule is O=C(N[C@@H](Cc1ccccc1)C(=O)NCC1CCC1)OCc1ccccc1. The summed E-state index contributed by atoms with van der Waals surface area (Å²) < 4.78 is 5.27. The van der Waals surface area contributed by atoms with Crippen LogP contribution in [-0.4, -0.2) is 24.6 Å². The molecule has 0 bridgehead atoms. The van der Waals surface area contributed by atoms with E-state index in [1.54, 1.807) is 0 Å². The van der Waals surface area contributed by atoms with Gasteiger partial charge in [0.05, 0.1) is 0 Å². The van der Waals surface area contributed by atoms with Crippen LogP contribution in [0.5, 0.6) is 0 Å². The van der Waals surface area contributed by atoms with Crippen LogP contribution in [0.3, 0.4) is 0 Å². The summed E-state index contributed by atoms with van der Waals surface area (Å²) in [4.78, 5) is 24.8. The Kier molecular flexibility index (Phi) is 6.85. The zero-order valence-corrected chi connectivity index (χ0v) is 15.4. The first kappa shape index (κ1) is 19.0. The largest absolute Gasteiger partial charge is 0.445 e. The van der Waals surface area contributed by atoms with E-state index in [0.29, 0.717) is 18.9 Å². The van der Waals surface area contributed by atoms with E-state index in [4.69, 9.17) is 4.74 Å². The maximum Gasteiger partial charge on any atom is 0.408 e. The van der Waals surface area contributed by atoms with Crippen molar-refractivity contribution in [2.75, 3.05) is 6.54 Å². The number of carbonyl (C=O) groups excluding carboxylic acids is 2. The maximum atomic E-state index is 12.6. The van der Waals surface area contributed by atoms with Crippen LogP contribution in [0, 0.1) is 5.92 Å². The lowest BCUT2D eigenvalue weighted by Gasteiger charge is -2.26. The van der Waals surface area contributed by atoms with Crippen LogP contribution in [-0.2, 0) is 22.6 Å². The fraction of sp³-hybridized carbons (Fsp3) is 0.364. The minimum Gasteiger partial charge on any atom is -0.445 e. The molecule has 2 aromatic rings. The lowest BCUT2D eigenvalue weighted by Crippen LogP contribution is -2.49. The number of hydrogen-bond acceptors (Lipinski definition) is 3. The van der Waals surface area contributed by atoms with Gasteiger partial charge in [-0.1, -0.05) is 67.1 Å². The first-order valence-electron chi connectivity index (χ1n) is 9.49. The van der Waals surface area contributed by atoms with E-state index in [1.807, 2.05) is 60.7 Å². The van der Waals surface area contributed by atoms with Gasteiger partial charge in [0.15, 0.2) is 0 Å². The van der Waals surface area contributed by atoms with Crippen LogP contribution in [0.4, 0.5) is 4.79 Å². The topological polar surface area (TPSA) is 67.4 Å². The average Bonchev–Trinajstić information content (AvgIpc) is 2.66. The Morgan fingerprint density at radius 3 is 2.19 bits per heavy atom. The van der Waals surface area contributed by atoms with Crippen LogP contribution >= 0.6 is 0 Å². The van der Waals surface area contributed by atoms with Gasteiger partial charge in [-0.3, -0.25) is 4.79 Å². The number of rotatable bonds is 8. The van der Waals surface area contributed by atoms with Gasteiger partial charge in [-0.25, -0.2) is 4.79 Å².